The third-order valence-electron chi connectivity index (χ3n) is 5.66. The van der Waals surface area contributed by atoms with E-state index in [9.17, 15) is 4.79 Å². The van der Waals surface area contributed by atoms with Gasteiger partial charge in [-0.2, -0.15) is 9.61 Å². The fourth-order valence-corrected chi connectivity index (χ4v) is 4.35. The fraction of sp³-hybridized carbons (Fsp3) is 0.0741. The van der Waals surface area contributed by atoms with Crippen molar-refractivity contribution in [2.75, 3.05) is 16.0 Å². The van der Waals surface area contributed by atoms with Crippen LogP contribution in [0.25, 0.3) is 16.9 Å². The van der Waals surface area contributed by atoms with Crippen molar-refractivity contribution in [1.82, 2.24) is 14.6 Å². The third-order valence-corrected chi connectivity index (χ3v) is 6.55. The summed E-state index contributed by atoms with van der Waals surface area (Å²) in [5.41, 5.74) is 5.80. The Hall–Kier alpha value is -3.88. The van der Waals surface area contributed by atoms with Crippen molar-refractivity contribution >= 4 is 56.4 Å². The van der Waals surface area contributed by atoms with Gasteiger partial charge in [-0.1, -0.05) is 60.1 Å². The highest BCUT2D eigenvalue weighted by Gasteiger charge is 2.13. The minimum atomic E-state index is -0.286. The molecule has 2 aromatic heterocycles. The first-order valence-electron chi connectivity index (χ1n) is 11.2. The normalized spacial score (nSPS) is 10.9. The highest BCUT2D eigenvalue weighted by Crippen LogP contribution is 2.30. The predicted molar refractivity (Wildman–Crippen MR) is 149 cm³/mol. The third kappa shape index (κ3) is 5.19. The highest BCUT2D eigenvalue weighted by molar-refractivity contribution is 9.10. The van der Waals surface area contributed by atoms with Gasteiger partial charge >= 0.3 is 6.03 Å². The Labute approximate surface area is 221 Å². The van der Waals surface area contributed by atoms with Gasteiger partial charge in [0, 0.05) is 34.6 Å². The molecule has 3 aromatic carbocycles. The smallest absolute Gasteiger partial charge is 0.323 e. The Kier molecular flexibility index (Phi) is 6.88. The van der Waals surface area contributed by atoms with Gasteiger partial charge in [0.05, 0.1) is 16.4 Å². The maximum atomic E-state index is 12.4. The molecule has 36 heavy (non-hydrogen) atoms. The van der Waals surface area contributed by atoms with Crippen LogP contribution in [0.2, 0.25) is 5.02 Å². The van der Waals surface area contributed by atoms with Gasteiger partial charge in [0.15, 0.2) is 5.65 Å². The lowest BCUT2D eigenvalue weighted by Crippen LogP contribution is -2.19. The topological polar surface area (TPSA) is 83.4 Å². The lowest BCUT2D eigenvalue weighted by Gasteiger charge is -2.12. The molecule has 5 aromatic rings. The summed E-state index contributed by atoms with van der Waals surface area (Å²) in [6.07, 6.45) is 1.71. The van der Waals surface area contributed by atoms with Gasteiger partial charge in [0.1, 0.15) is 5.82 Å². The largest absolute Gasteiger partial charge is 0.366 e. The summed E-state index contributed by atoms with van der Waals surface area (Å²) in [6.45, 7) is 2.50. The van der Waals surface area contributed by atoms with Crippen molar-refractivity contribution < 1.29 is 4.79 Å². The van der Waals surface area contributed by atoms with E-state index in [1.807, 2.05) is 85.8 Å². The van der Waals surface area contributed by atoms with Gasteiger partial charge in [0.2, 0.25) is 0 Å². The number of anilines is 3. The highest BCUT2D eigenvalue weighted by atomic mass is 79.9. The number of halogens is 2. The van der Waals surface area contributed by atoms with E-state index in [0.29, 0.717) is 22.9 Å². The molecule has 0 aliphatic rings. The van der Waals surface area contributed by atoms with Gasteiger partial charge < -0.3 is 16.0 Å². The molecule has 180 valence electrons. The Morgan fingerprint density at radius 1 is 1.00 bits per heavy atom. The Balaban J connectivity index is 1.30. The number of benzene rings is 3. The van der Waals surface area contributed by atoms with E-state index in [1.165, 1.54) is 0 Å². The molecule has 3 N–H and O–H groups in total. The van der Waals surface area contributed by atoms with E-state index in [2.05, 4.69) is 37.0 Å². The number of carbonyl (C=O) groups is 1. The molecule has 0 unspecified atom stereocenters. The van der Waals surface area contributed by atoms with Crippen LogP contribution in [0.15, 0.2) is 89.5 Å². The van der Waals surface area contributed by atoms with Gasteiger partial charge in [-0.25, -0.2) is 9.78 Å². The van der Waals surface area contributed by atoms with E-state index < -0.39 is 0 Å². The molecule has 7 nitrogen and oxygen atoms in total. The van der Waals surface area contributed by atoms with Crippen molar-refractivity contribution in [1.29, 1.82) is 0 Å². The summed E-state index contributed by atoms with van der Waals surface area (Å²) in [5, 5.41) is 14.2. The quantitative estimate of drug-likeness (QED) is 0.202. The molecule has 0 radical (unpaired) electrons. The average molecular weight is 562 g/mol. The Morgan fingerprint density at radius 3 is 2.53 bits per heavy atom. The first-order chi connectivity index (χ1) is 17.5. The van der Waals surface area contributed by atoms with E-state index in [1.54, 1.807) is 10.7 Å². The number of urea groups is 1. The zero-order chi connectivity index (χ0) is 25.1. The molecule has 0 saturated carbocycles. The van der Waals surface area contributed by atoms with E-state index in [0.717, 1.165) is 38.4 Å². The van der Waals surface area contributed by atoms with E-state index >= 15 is 0 Å². The molecule has 0 aliphatic carbocycles. The minimum absolute atomic E-state index is 0.286. The van der Waals surface area contributed by atoms with Crippen molar-refractivity contribution in [3.8, 4) is 11.3 Å². The van der Waals surface area contributed by atoms with Crippen LogP contribution in [0.1, 0.15) is 11.1 Å². The van der Waals surface area contributed by atoms with Crippen LogP contribution < -0.4 is 16.0 Å². The van der Waals surface area contributed by atoms with Gasteiger partial charge in [-0.05, 0) is 58.2 Å². The van der Waals surface area contributed by atoms with Crippen LogP contribution in [0, 0.1) is 6.92 Å². The summed E-state index contributed by atoms with van der Waals surface area (Å²) in [6, 6.07) is 24.6. The molecule has 0 aliphatic heterocycles. The lowest BCUT2D eigenvalue weighted by molar-refractivity contribution is 0.262. The van der Waals surface area contributed by atoms with Gasteiger partial charge in [-0.3, -0.25) is 0 Å². The number of carbonyl (C=O) groups excluding carboxylic acids is 1. The van der Waals surface area contributed by atoms with Crippen molar-refractivity contribution in [3.05, 3.63) is 106 Å². The van der Waals surface area contributed by atoms with Crippen LogP contribution in [-0.4, -0.2) is 20.6 Å². The number of nitrogens with zero attached hydrogens (tertiary/aromatic N) is 3. The molecule has 2 heterocycles. The maximum Gasteiger partial charge on any atom is 0.323 e. The number of hydrogen-bond donors (Lipinski definition) is 3. The summed E-state index contributed by atoms with van der Waals surface area (Å²) < 4.78 is 2.54. The Bertz CT molecular complexity index is 1550. The monoisotopic (exact) mass is 560 g/mol. The van der Waals surface area contributed by atoms with Crippen molar-refractivity contribution in [2.45, 2.75) is 13.5 Å². The fourth-order valence-electron chi connectivity index (χ4n) is 3.77. The standard InChI is InChI=1S/C27H22BrClN6O/c1-17-6-2-5-9-23(17)34-27(36)32-19-12-10-18(11-13-19)15-30-25-14-24(20-7-3-4-8-22(20)29)33-26-21(28)16-31-35(25)26/h2-14,16,30H,15H2,1H3,(H2,32,34,36). The molecule has 0 bridgehead atoms. The first kappa shape index (κ1) is 23.8. The zero-order valence-electron chi connectivity index (χ0n) is 19.3. The zero-order valence-corrected chi connectivity index (χ0v) is 21.6. The summed E-state index contributed by atoms with van der Waals surface area (Å²) >= 11 is 9.95. The SMILES string of the molecule is Cc1ccccc1NC(=O)Nc1ccc(CNc2cc(-c3ccccc3Cl)nc3c(Br)cnn23)cc1. The second-order valence-electron chi connectivity index (χ2n) is 8.18. The van der Waals surface area contributed by atoms with Crippen molar-refractivity contribution in [2.24, 2.45) is 0 Å². The van der Waals surface area contributed by atoms with E-state index in [-0.39, 0.29) is 6.03 Å². The number of hydrogen-bond acceptors (Lipinski definition) is 4. The number of amides is 2. The molecule has 9 heteroatoms. The molecule has 5 rings (SSSR count). The lowest BCUT2D eigenvalue weighted by atomic mass is 10.1. The molecule has 0 saturated heterocycles. The number of rotatable bonds is 6. The van der Waals surface area contributed by atoms with Crippen LogP contribution in [0.5, 0.6) is 0 Å². The van der Waals surface area contributed by atoms with Crippen LogP contribution in [-0.2, 0) is 6.54 Å². The first-order valence-corrected chi connectivity index (χ1v) is 12.4. The summed E-state index contributed by atoms with van der Waals surface area (Å²) in [4.78, 5) is 17.1. The number of fused-ring (bicyclic) bond motifs is 1. The number of aryl methyl sites for hydroxylation is 1. The van der Waals surface area contributed by atoms with Crippen LogP contribution >= 0.6 is 27.5 Å². The Morgan fingerprint density at radius 2 is 1.75 bits per heavy atom. The van der Waals surface area contributed by atoms with Crippen LogP contribution in [0.3, 0.4) is 0 Å². The molecule has 0 fully saturated rings. The summed E-state index contributed by atoms with van der Waals surface area (Å²) in [5.74, 6) is 0.778. The molecule has 2 amide bonds. The predicted octanol–water partition coefficient (Wildman–Crippen LogP) is 7.38. The molecular weight excluding hydrogens is 540 g/mol. The molecule has 0 atom stereocenters. The van der Waals surface area contributed by atoms with Gasteiger partial charge in [0.25, 0.3) is 0 Å². The van der Waals surface area contributed by atoms with Crippen molar-refractivity contribution in [3.63, 3.8) is 0 Å². The van der Waals surface area contributed by atoms with Crippen LogP contribution in [0.4, 0.5) is 22.0 Å². The second-order valence-corrected chi connectivity index (χ2v) is 9.44. The minimum Gasteiger partial charge on any atom is -0.366 e. The maximum absolute atomic E-state index is 12.4. The number of aromatic nitrogens is 3. The molecule has 0 spiro atoms. The second kappa shape index (κ2) is 10.4. The van der Waals surface area contributed by atoms with E-state index in [4.69, 9.17) is 16.6 Å². The molecular formula is C27H22BrClN6O. The number of para-hydroxylation sites is 1. The summed E-state index contributed by atoms with van der Waals surface area (Å²) in [7, 11) is 0. The number of nitrogens with one attached hydrogen (secondary N) is 3. The van der Waals surface area contributed by atoms with Gasteiger partial charge in [-0.15, -0.1) is 0 Å². The average Bonchev–Trinajstić information content (AvgIpc) is 3.26.